The van der Waals surface area contributed by atoms with E-state index < -0.39 is 48.3 Å². The third-order valence-electron chi connectivity index (χ3n) is 13.5. The first-order valence-corrected chi connectivity index (χ1v) is 26.4. The minimum Gasteiger partial charge on any atom is -0.478 e. The molecule has 0 spiro atoms. The molecule has 0 bridgehead atoms. The zero-order valence-electron chi connectivity index (χ0n) is 45.1. The summed E-state index contributed by atoms with van der Waals surface area (Å²) in [7, 11) is 0. The smallest absolute Gasteiger partial charge is 0.420 e. The number of nitrogens with two attached hydrogens (primary N) is 3. The topological polar surface area (TPSA) is 263 Å². The van der Waals surface area contributed by atoms with Crippen molar-refractivity contribution in [1.82, 2.24) is 35.1 Å². The summed E-state index contributed by atoms with van der Waals surface area (Å²) in [5, 5.41) is 12.3. The van der Waals surface area contributed by atoms with Crippen LogP contribution in [0.15, 0.2) is 131 Å². The van der Waals surface area contributed by atoms with E-state index in [1.807, 2.05) is 25.1 Å². The number of rotatable bonds is 13. The second-order valence-electron chi connectivity index (χ2n) is 19.9. The van der Waals surface area contributed by atoms with E-state index in [4.69, 9.17) is 31.1 Å². The molecule has 2 aromatic carbocycles. The van der Waals surface area contributed by atoms with Crippen LogP contribution >= 0.6 is 0 Å². The van der Waals surface area contributed by atoms with Gasteiger partial charge in [-0.05, 0) is 127 Å². The first-order valence-electron chi connectivity index (χ1n) is 26.4. The number of likely N-dealkylation sites (tertiary alicyclic amines) is 2. The van der Waals surface area contributed by atoms with Gasteiger partial charge in [-0.1, -0.05) is 7.43 Å². The summed E-state index contributed by atoms with van der Waals surface area (Å²) < 4.78 is 106. The summed E-state index contributed by atoms with van der Waals surface area (Å²) in [6.07, 6.45) is 6.19. The molecule has 0 aliphatic carbocycles. The zero-order valence-corrected chi connectivity index (χ0v) is 45.1. The molecular formula is C61H61F7N10O7. The van der Waals surface area contributed by atoms with E-state index in [0.29, 0.717) is 53.6 Å². The number of aliphatic carboxylic acids is 1. The molecule has 0 radical (unpaired) electrons. The molecule has 8 N–H and O–H groups in total. The standard InChI is InChI=1S/C30H29F2N5O3.C22H20F5N3O2.C8H8N2O2.CH4/c1-19-14-22(25-5-4-21(18-35-25)29(39)37-12-9-30(31,32)10-13-37)15-23-16-24(40-28(19)23)8-11-34-27(38)7-3-20-2-6-26(33)36-17-20;23-21(24)4-7-30(8-5-21)20(31)13-1-2-18(29-12-13)14-9-15-10-16(3-6-28)32-19(15)17(11-14)22(25,26)27;9-7-3-1-6(5-10-7)2-4-8(11)12;/h2-7,14-18H,8-13H2,1H3,(H2,33,36)(H,34,38);1-2,9-12H,3-8,28H2;1-5H,(H2,9,10)(H,11,12);1H4/b7-3+;;4-2+;. The molecule has 2 aliphatic rings. The zero-order chi connectivity index (χ0) is 60.3. The van der Waals surface area contributed by atoms with Gasteiger partial charge in [0.1, 0.15) is 34.3 Å². The van der Waals surface area contributed by atoms with Crippen LogP contribution in [0.3, 0.4) is 0 Å². The molecule has 10 rings (SSSR count). The highest BCUT2D eigenvalue weighted by atomic mass is 19.4. The number of nitrogens with zero attached hydrogens (tertiary/aromatic N) is 6. The molecule has 446 valence electrons. The molecule has 0 saturated carbocycles. The van der Waals surface area contributed by atoms with Crippen LogP contribution in [-0.4, -0.2) is 110 Å². The van der Waals surface area contributed by atoms with Gasteiger partial charge in [0.05, 0.1) is 28.1 Å². The van der Waals surface area contributed by atoms with Crippen LogP contribution in [0, 0.1) is 6.92 Å². The van der Waals surface area contributed by atoms with E-state index >= 15 is 0 Å². The molecule has 2 saturated heterocycles. The van der Waals surface area contributed by atoms with Crippen molar-refractivity contribution >= 4 is 69.4 Å². The van der Waals surface area contributed by atoms with Crippen molar-refractivity contribution in [2.45, 2.75) is 70.9 Å². The van der Waals surface area contributed by atoms with Crippen LogP contribution in [-0.2, 0) is 28.6 Å². The van der Waals surface area contributed by atoms with Gasteiger partial charge < -0.3 is 46.3 Å². The maximum Gasteiger partial charge on any atom is 0.420 e. The molecule has 2 aliphatic heterocycles. The van der Waals surface area contributed by atoms with Crippen molar-refractivity contribution < 1.29 is 63.9 Å². The lowest BCUT2D eigenvalue weighted by Crippen LogP contribution is -2.42. The summed E-state index contributed by atoms with van der Waals surface area (Å²) in [6, 6.07) is 22.9. The highest BCUT2D eigenvalue weighted by molar-refractivity contribution is 5.96. The summed E-state index contributed by atoms with van der Waals surface area (Å²) in [6.45, 7) is 2.53. The number of nitrogen functional groups attached to an aromatic ring is 2. The fraction of sp³-hybridized carbons (Fsp3) is 0.279. The number of hydrogen-bond donors (Lipinski definition) is 5. The number of carboxylic acid groups (broad SMARTS) is 1. The van der Waals surface area contributed by atoms with Crippen molar-refractivity contribution in [3.63, 3.8) is 0 Å². The van der Waals surface area contributed by atoms with Gasteiger partial charge >= 0.3 is 12.1 Å². The van der Waals surface area contributed by atoms with Gasteiger partial charge in [-0.15, -0.1) is 0 Å². The Morgan fingerprint density at radius 3 is 1.55 bits per heavy atom. The minimum atomic E-state index is -4.64. The number of anilines is 2. The van der Waals surface area contributed by atoms with Crippen LogP contribution in [0.5, 0.6) is 0 Å². The number of benzene rings is 2. The van der Waals surface area contributed by atoms with Gasteiger partial charge in [0.25, 0.3) is 23.7 Å². The van der Waals surface area contributed by atoms with Crippen molar-refractivity contribution in [3.05, 3.63) is 167 Å². The average Bonchev–Trinajstić information content (AvgIpc) is 2.35. The predicted molar refractivity (Wildman–Crippen MR) is 308 cm³/mol. The number of amides is 3. The van der Waals surface area contributed by atoms with Gasteiger partial charge in [-0.2, -0.15) is 13.2 Å². The second-order valence-corrected chi connectivity index (χ2v) is 19.9. The van der Waals surface area contributed by atoms with Crippen LogP contribution in [0.2, 0.25) is 0 Å². The number of hydrogen-bond acceptors (Lipinski definition) is 13. The van der Waals surface area contributed by atoms with Gasteiger partial charge in [0.2, 0.25) is 5.91 Å². The number of nitrogens with one attached hydrogen (secondary N) is 1. The summed E-state index contributed by atoms with van der Waals surface area (Å²) >= 11 is 0. The van der Waals surface area contributed by atoms with E-state index in [1.54, 1.807) is 48.7 Å². The SMILES string of the molecule is C.Cc1cc(-c2ccc(C(=O)N3CCC(F)(F)CC3)cn2)cc2cc(CCNC(=O)/C=C/c3ccc(N)nc3)oc12.NCCc1cc2cc(-c3ccc(C(=O)N4CCC(F)(F)CC4)cn3)cc(C(F)(F)F)c2o1.Nc1ccc(/C=C/C(=O)O)cn1. The quantitative estimate of drug-likeness (QED) is 0.0531. The van der Waals surface area contributed by atoms with Gasteiger partial charge in [-0.25, -0.2) is 32.3 Å². The summed E-state index contributed by atoms with van der Waals surface area (Å²) in [5.74, 6) is -5.48. The summed E-state index contributed by atoms with van der Waals surface area (Å²) in [4.78, 5) is 66.7. The van der Waals surface area contributed by atoms with Crippen LogP contribution < -0.4 is 22.5 Å². The van der Waals surface area contributed by atoms with E-state index in [2.05, 4.69) is 25.3 Å². The first kappa shape index (κ1) is 63.1. The largest absolute Gasteiger partial charge is 0.478 e. The Kier molecular flexibility index (Phi) is 20.3. The number of fused-ring (bicyclic) bond motifs is 2. The molecular weight excluding hydrogens is 1120 g/mol. The van der Waals surface area contributed by atoms with Crippen molar-refractivity contribution in [3.8, 4) is 22.5 Å². The fourth-order valence-electron chi connectivity index (χ4n) is 9.04. The number of furan rings is 2. The monoisotopic (exact) mass is 1180 g/mol. The van der Waals surface area contributed by atoms with E-state index in [9.17, 15) is 49.9 Å². The Labute approximate surface area is 483 Å². The normalized spacial score (nSPS) is 14.7. The maximum absolute atomic E-state index is 13.6. The van der Waals surface area contributed by atoms with E-state index in [-0.39, 0.29) is 92.6 Å². The molecule has 0 atom stereocenters. The molecule has 6 aromatic heterocycles. The average molecular weight is 1180 g/mol. The molecule has 17 nitrogen and oxygen atoms in total. The van der Waals surface area contributed by atoms with Gasteiger partial charge in [0, 0.05) is 130 Å². The van der Waals surface area contributed by atoms with Crippen molar-refractivity contribution in [2.75, 3.05) is 50.7 Å². The molecule has 3 amide bonds. The van der Waals surface area contributed by atoms with Crippen LogP contribution in [0.25, 0.3) is 56.6 Å². The highest BCUT2D eigenvalue weighted by Crippen LogP contribution is 2.40. The number of piperidine rings is 2. The molecule has 8 heterocycles. The Morgan fingerprint density at radius 2 is 1.11 bits per heavy atom. The lowest BCUT2D eigenvalue weighted by atomic mass is 10.0. The number of carbonyl (C=O) groups excluding carboxylic acids is 3. The molecule has 0 unspecified atom stereocenters. The summed E-state index contributed by atoms with van der Waals surface area (Å²) in [5.41, 5.74) is 20.9. The van der Waals surface area contributed by atoms with Crippen LogP contribution in [0.1, 0.15) is 87.6 Å². The maximum atomic E-state index is 13.6. The lowest BCUT2D eigenvalue weighted by Gasteiger charge is -2.31. The number of halogens is 7. The second kappa shape index (κ2) is 27.3. The first-order chi connectivity index (χ1) is 39.9. The fourth-order valence-corrected chi connectivity index (χ4v) is 9.04. The lowest BCUT2D eigenvalue weighted by molar-refractivity contribution is -0.137. The number of aromatic nitrogens is 4. The number of alkyl halides is 7. The third kappa shape index (κ3) is 17.1. The predicted octanol–water partition coefficient (Wildman–Crippen LogP) is 11.3. The van der Waals surface area contributed by atoms with Crippen LogP contribution in [0.4, 0.5) is 42.4 Å². The number of aryl methyl sites for hydroxylation is 1. The van der Waals surface area contributed by atoms with Crippen molar-refractivity contribution in [1.29, 1.82) is 0 Å². The Bertz CT molecular complexity index is 3680. The molecule has 2 fully saturated rings. The third-order valence-corrected chi connectivity index (χ3v) is 13.5. The Balaban J connectivity index is 0.000000205. The number of carboxylic acids is 1. The Hall–Kier alpha value is -9.45. The number of pyridine rings is 4. The molecule has 85 heavy (non-hydrogen) atoms. The van der Waals surface area contributed by atoms with Gasteiger partial charge in [0.15, 0.2) is 0 Å². The molecule has 8 aromatic rings. The highest BCUT2D eigenvalue weighted by Gasteiger charge is 2.38. The minimum absolute atomic E-state index is 0. The number of carbonyl (C=O) groups is 4. The van der Waals surface area contributed by atoms with E-state index in [0.717, 1.165) is 45.6 Å². The van der Waals surface area contributed by atoms with Crippen molar-refractivity contribution in [2.24, 2.45) is 5.73 Å². The molecule has 24 heteroatoms. The van der Waals surface area contributed by atoms with Gasteiger partial charge in [-0.3, -0.25) is 24.4 Å². The Morgan fingerprint density at radius 1 is 0.635 bits per heavy atom. The van der Waals surface area contributed by atoms with E-state index in [1.165, 1.54) is 64.8 Å².